The zero-order valence-electron chi connectivity index (χ0n) is 15.4. The van der Waals surface area contributed by atoms with Crippen molar-refractivity contribution >= 4 is 0 Å². The fourth-order valence-corrected chi connectivity index (χ4v) is 8.01. The van der Waals surface area contributed by atoms with Crippen LogP contribution in [-0.2, 0) is 0 Å². The van der Waals surface area contributed by atoms with Gasteiger partial charge in [-0.3, -0.25) is 0 Å². The van der Waals surface area contributed by atoms with Gasteiger partial charge in [0.05, 0.1) is 0 Å². The van der Waals surface area contributed by atoms with Crippen LogP contribution in [0.1, 0.15) is 91.9 Å². The molecule has 0 N–H and O–H groups in total. The van der Waals surface area contributed by atoms with Gasteiger partial charge in [-0.2, -0.15) is 0 Å². The monoisotopic (exact) mass is 300 g/mol. The van der Waals surface area contributed by atoms with Gasteiger partial charge < -0.3 is 0 Å². The van der Waals surface area contributed by atoms with Crippen LogP contribution < -0.4 is 0 Å². The van der Waals surface area contributed by atoms with Crippen molar-refractivity contribution in [1.82, 2.24) is 0 Å². The van der Waals surface area contributed by atoms with Crippen LogP contribution in [0.25, 0.3) is 0 Å². The smallest absolute Gasteiger partial charge is 0.00798 e. The Morgan fingerprint density at radius 2 is 1.77 bits per heavy atom. The number of fused-ring (bicyclic) bond motifs is 5. The molecule has 0 heteroatoms. The van der Waals surface area contributed by atoms with Crippen molar-refractivity contribution in [2.75, 3.05) is 0 Å². The summed E-state index contributed by atoms with van der Waals surface area (Å²) in [5.41, 5.74) is 4.89. The standard InChI is InChI=1S/C22H36/c1-5-18-15(2)14-20-17-10-9-16-8-6-7-12-21(16,3)19(17)11-13-22(18,20)4/h16-17,19-20H,5-14H2,1-4H3/t16?,17-,19+,20+,21+,22-/m1/s1. The van der Waals surface area contributed by atoms with Crippen LogP contribution in [0.3, 0.4) is 0 Å². The Bertz CT molecular complexity index is 484. The molecule has 1 unspecified atom stereocenters. The van der Waals surface area contributed by atoms with Crippen molar-refractivity contribution in [3.05, 3.63) is 11.1 Å². The van der Waals surface area contributed by atoms with Gasteiger partial charge in [0, 0.05) is 0 Å². The Labute approximate surface area is 138 Å². The highest BCUT2D eigenvalue weighted by atomic mass is 14.6. The lowest BCUT2D eigenvalue weighted by molar-refractivity contribution is -0.0992. The zero-order valence-corrected chi connectivity index (χ0v) is 15.4. The predicted molar refractivity (Wildman–Crippen MR) is 94.7 cm³/mol. The molecule has 0 aromatic heterocycles. The van der Waals surface area contributed by atoms with Gasteiger partial charge in [0.1, 0.15) is 0 Å². The van der Waals surface area contributed by atoms with Crippen LogP contribution in [0.15, 0.2) is 11.1 Å². The molecule has 4 aliphatic rings. The van der Waals surface area contributed by atoms with Crippen molar-refractivity contribution in [3.8, 4) is 0 Å². The fourth-order valence-electron chi connectivity index (χ4n) is 8.01. The maximum Gasteiger partial charge on any atom is -0.00798 e. The lowest BCUT2D eigenvalue weighted by atomic mass is 9.45. The van der Waals surface area contributed by atoms with Gasteiger partial charge >= 0.3 is 0 Å². The molecule has 6 atom stereocenters. The molecule has 22 heavy (non-hydrogen) atoms. The quantitative estimate of drug-likeness (QED) is 0.469. The Hall–Kier alpha value is -0.260. The second kappa shape index (κ2) is 5.12. The summed E-state index contributed by atoms with van der Waals surface area (Å²) in [5.74, 6) is 4.14. The summed E-state index contributed by atoms with van der Waals surface area (Å²) < 4.78 is 0. The van der Waals surface area contributed by atoms with E-state index in [1.54, 1.807) is 24.8 Å². The summed E-state index contributed by atoms with van der Waals surface area (Å²) in [5, 5.41) is 0. The van der Waals surface area contributed by atoms with Crippen LogP contribution in [0.5, 0.6) is 0 Å². The summed E-state index contributed by atoms with van der Waals surface area (Å²) in [6.45, 7) is 10.2. The van der Waals surface area contributed by atoms with Crippen molar-refractivity contribution in [2.24, 2.45) is 34.5 Å². The molecule has 0 bridgehead atoms. The van der Waals surface area contributed by atoms with Crippen LogP contribution in [-0.4, -0.2) is 0 Å². The Morgan fingerprint density at radius 3 is 2.55 bits per heavy atom. The molecule has 0 saturated heterocycles. The lowest BCUT2D eigenvalue weighted by Crippen LogP contribution is -2.52. The molecule has 0 nitrogen and oxygen atoms in total. The Balaban J connectivity index is 1.65. The average molecular weight is 301 g/mol. The van der Waals surface area contributed by atoms with Crippen LogP contribution in [0.4, 0.5) is 0 Å². The van der Waals surface area contributed by atoms with Crippen molar-refractivity contribution in [3.63, 3.8) is 0 Å². The summed E-state index contributed by atoms with van der Waals surface area (Å²) in [4.78, 5) is 0. The molecule has 0 spiro atoms. The molecule has 0 aromatic carbocycles. The summed E-state index contributed by atoms with van der Waals surface area (Å²) in [6.07, 6.45) is 14.9. The maximum atomic E-state index is 2.70. The van der Waals surface area contributed by atoms with E-state index in [4.69, 9.17) is 0 Å². The normalized spacial score (nSPS) is 51.3. The van der Waals surface area contributed by atoms with Gasteiger partial charge in [-0.05, 0) is 92.8 Å². The lowest BCUT2D eigenvalue weighted by Gasteiger charge is -2.60. The van der Waals surface area contributed by atoms with Gasteiger partial charge in [-0.15, -0.1) is 0 Å². The molecule has 0 aromatic rings. The molecule has 0 amide bonds. The number of hydrogen-bond donors (Lipinski definition) is 0. The molecule has 4 rings (SSSR count). The largest absolute Gasteiger partial charge is 0.0733 e. The zero-order chi connectivity index (χ0) is 15.5. The first-order valence-electron chi connectivity index (χ1n) is 10.2. The van der Waals surface area contributed by atoms with Crippen LogP contribution >= 0.6 is 0 Å². The molecule has 3 saturated carbocycles. The Morgan fingerprint density at radius 1 is 0.955 bits per heavy atom. The minimum atomic E-state index is 0.567. The molecule has 0 radical (unpaired) electrons. The van der Waals surface area contributed by atoms with Gasteiger partial charge in [0.25, 0.3) is 0 Å². The highest BCUT2D eigenvalue weighted by Crippen LogP contribution is 2.67. The SMILES string of the molecule is CCC1=C(C)C[C@H]2[C@@H]3CCC4CCCC[C@]4(C)[C@H]3CC[C@]12C. The first-order chi connectivity index (χ1) is 10.5. The summed E-state index contributed by atoms with van der Waals surface area (Å²) >= 11 is 0. The van der Waals surface area contributed by atoms with Crippen molar-refractivity contribution in [2.45, 2.75) is 91.9 Å². The molecule has 3 fully saturated rings. The summed E-state index contributed by atoms with van der Waals surface area (Å²) in [6, 6.07) is 0. The highest BCUT2D eigenvalue weighted by Gasteiger charge is 2.58. The molecule has 124 valence electrons. The minimum absolute atomic E-state index is 0.567. The third-order valence-electron chi connectivity index (χ3n) is 9.06. The van der Waals surface area contributed by atoms with Crippen LogP contribution in [0, 0.1) is 34.5 Å². The van der Waals surface area contributed by atoms with Gasteiger partial charge in [0.2, 0.25) is 0 Å². The van der Waals surface area contributed by atoms with E-state index in [0.717, 1.165) is 23.7 Å². The van der Waals surface area contributed by atoms with Gasteiger partial charge in [0.15, 0.2) is 0 Å². The van der Waals surface area contributed by atoms with E-state index in [2.05, 4.69) is 27.7 Å². The van der Waals surface area contributed by atoms with Gasteiger partial charge in [-0.1, -0.05) is 44.8 Å². The molecular weight excluding hydrogens is 264 g/mol. The Kier molecular flexibility index (Phi) is 3.55. The molecule has 4 aliphatic carbocycles. The number of allylic oxidation sites excluding steroid dienone is 2. The van der Waals surface area contributed by atoms with Crippen molar-refractivity contribution in [1.29, 1.82) is 0 Å². The van der Waals surface area contributed by atoms with E-state index in [1.165, 1.54) is 44.9 Å². The van der Waals surface area contributed by atoms with E-state index >= 15 is 0 Å². The van der Waals surface area contributed by atoms with Crippen LogP contribution in [0.2, 0.25) is 0 Å². The number of rotatable bonds is 1. The average Bonchev–Trinajstić information content (AvgIpc) is 2.76. The first-order valence-corrected chi connectivity index (χ1v) is 10.2. The van der Waals surface area contributed by atoms with E-state index in [9.17, 15) is 0 Å². The highest BCUT2D eigenvalue weighted by molar-refractivity contribution is 5.30. The second-order valence-electron chi connectivity index (χ2n) is 9.68. The molecular formula is C22H36. The third kappa shape index (κ3) is 1.88. The van der Waals surface area contributed by atoms with Crippen molar-refractivity contribution < 1.29 is 0 Å². The van der Waals surface area contributed by atoms with E-state index in [-0.39, 0.29) is 0 Å². The third-order valence-corrected chi connectivity index (χ3v) is 9.06. The first kappa shape index (κ1) is 15.3. The maximum absolute atomic E-state index is 2.70. The summed E-state index contributed by atoms with van der Waals surface area (Å²) in [7, 11) is 0. The van der Waals surface area contributed by atoms with E-state index in [0.29, 0.717) is 10.8 Å². The minimum Gasteiger partial charge on any atom is -0.0733 e. The number of hydrogen-bond acceptors (Lipinski definition) is 0. The van der Waals surface area contributed by atoms with E-state index in [1.807, 2.05) is 5.57 Å². The van der Waals surface area contributed by atoms with Gasteiger partial charge in [-0.25, -0.2) is 0 Å². The molecule has 0 heterocycles. The second-order valence-corrected chi connectivity index (χ2v) is 9.68. The topological polar surface area (TPSA) is 0 Å². The fraction of sp³-hybridized carbons (Fsp3) is 0.909. The predicted octanol–water partition coefficient (Wildman–Crippen LogP) is 6.76. The van der Waals surface area contributed by atoms with E-state index < -0.39 is 0 Å². The molecule has 0 aliphatic heterocycles.